The zero-order chi connectivity index (χ0) is 18.7. The molecule has 0 spiro atoms. The molecule has 0 bridgehead atoms. The molecule has 0 saturated heterocycles. The van der Waals surface area contributed by atoms with Gasteiger partial charge in [0.05, 0.1) is 10.5 Å². The average molecular weight is 375 g/mol. The number of fused-ring (bicyclic) bond motifs is 1. The molecule has 2 aromatic rings. The van der Waals surface area contributed by atoms with Crippen molar-refractivity contribution in [1.82, 2.24) is 4.90 Å². The molecule has 6 nitrogen and oxygen atoms in total. The largest absolute Gasteiger partial charge is 0.486 e. The van der Waals surface area contributed by atoms with E-state index in [2.05, 4.69) is 0 Å². The maximum Gasteiger partial charge on any atom is 0.255 e. The minimum absolute atomic E-state index is 0.0469. The lowest BCUT2D eigenvalue weighted by atomic mass is 10.1. The molecule has 0 N–H and O–H groups in total. The number of amides is 1. The molecule has 1 aliphatic rings. The van der Waals surface area contributed by atoms with Gasteiger partial charge in [0, 0.05) is 19.3 Å². The van der Waals surface area contributed by atoms with Crippen LogP contribution in [-0.4, -0.2) is 45.2 Å². The Hall–Kier alpha value is -2.54. The van der Waals surface area contributed by atoms with Crippen molar-refractivity contribution >= 4 is 15.7 Å². The first-order valence-electron chi connectivity index (χ1n) is 8.37. The van der Waals surface area contributed by atoms with Crippen molar-refractivity contribution < 1.29 is 22.7 Å². The van der Waals surface area contributed by atoms with Crippen LogP contribution in [0.25, 0.3) is 0 Å². The van der Waals surface area contributed by atoms with Crippen LogP contribution < -0.4 is 9.47 Å². The van der Waals surface area contributed by atoms with Crippen molar-refractivity contribution in [3.8, 4) is 11.5 Å². The van der Waals surface area contributed by atoms with Crippen molar-refractivity contribution in [3.63, 3.8) is 0 Å². The van der Waals surface area contributed by atoms with Crippen molar-refractivity contribution in [2.45, 2.75) is 18.4 Å². The molecule has 0 aliphatic carbocycles. The van der Waals surface area contributed by atoms with Crippen LogP contribution in [0.3, 0.4) is 0 Å². The number of carbonyl (C=O) groups excluding carboxylic acids is 1. The van der Waals surface area contributed by atoms with Crippen molar-refractivity contribution in [2.24, 2.45) is 0 Å². The summed E-state index contributed by atoms with van der Waals surface area (Å²) in [6.45, 7) is 3.68. The van der Waals surface area contributed by atoms with Crippen LogP contribution in [0.5, 0.6) is 11.5 Å². The number of hydrogen-bond acceptors (Lipinski definition) is 5. The summed E-state index contributed by atoms with van der Waals surface area (Å²) in [5, 5.41) is 0. The van der Waals surface area contributed by atoms with Gasteiger partial charge in [0.15, 0.2) is 21.3 Å². The predicted molar refractivity (Wildman–Crippen MR) is 97.4 cm³/mol. The number of ether oxygens (including phenoxy) is 2. The molecule has 0 aromatic heterocycles. The van der Waals surface area contributed by atoms with E-state index in [1.165, 1.54) is 6.07 Å². The van der Waals surface area contributed by atoms with E-state index in [0.717, 1.165) is 11.8 Å². The van der Waals surface area contributed by atoms with Crippen molar-refractivity contribution in [2.75, 3.05) is 26.0 Å². The first kappa shape index (κ1) is 18.3. The lowest BCUT2D eigenvalue weighted by Gasteiger charge is -2.24. The molecular weight excluding hydrogens is 354 g/mol. The maximum atomic E-state index is 12.9. The smallest absolute Gasteiger partial charge is 0.255 e. The third-order valence-electron chi connectivity index (χ3n) is 4.17. The van der Waals surface area contributed by atoms with Gasteiger partial charge in [0.1, 0.15) is 13.2 Å². The number of hydrogen-bond donors (Lipinski definition) is 0. The fraction of sp³-hybridized carbons (Fsp3) is 0.316. The molecule has 7 heteroatoms. The molecule has 0 atom stereocenters. The Labute approximate surface area is 153 Å². The Bertz CT molecular complexity index is 923. The van der Waals surface area contributed by atoms with Crippen molar-refractivity contribution in [1.29, 1.82) is 0 Å². The van der Waals surface area contributed by atoms with Crippen LogP contribution in [-0.2, 0) is 16.4 Å². The summed E-state index contributed by atoms with van der Waals surface area (Å²) >= 11 is 0. The second-order valence-electron chi connectivity index (χ2n) is 6.07. The summed E-state index contributed by atoms with van der Waals surface area (Å²) < 4.78 is 35.1. The second-order valence-corrected chi connectivity index (χ2v) is 8.05. The lowest BCUT2D eigenvalue weighted by molar-refractivity contribution is 0.0748. The molecular formula is C19H21NO5S. The summed E-state index contributed by atoms with van der Waals surface area (Å²) in [5.74, 6) is 1.04. The van der Waals surface area contributed by atoms with Gasteiger partial charge in [-0.2, -0.15) is 0 Å². The van der Waals surface area contributed by atoms with Gasteiger partial charge in [-0.3, -0.25) is 4.79 Å². The van der Waals surface area contributed by atoms with E-state index in [9.17, 15) is 13.2 Å². The predicted octanol–water partition coefficient (Wildman–Crippen LogP) is 2.52. The minimum atomic E-state index is -3.49. The van der Waals surface area contributed by atoms with Crippen LogP contribution in [0.2, 0.25) is 0 Å². The number of sulfone groups is 1. The number of benzene rings is 2. The summed E-state index contributed by atoms with van der Waals surface area (Å²) in [7, 11) is -3.49. The average Bonchev–Trinajstić information content (AvgIpc) is 2.64. The van der Waals surface area contributed by atoms with E-state index in [1.54, 1.807) is 23.1 Å². The first-order chi connectivity index (χ1) is 12.4. The van der Waals surface area contributed by atoms with Gasteiger partial charge in [-0.1, -0.05) is 18.2 Å². The molecule has 1 aliphatic heterocycles. The molecule has 0 saturated carbocycles. The van der Waals surface area contributed by atoms with Crippen LogP contribution in [0.4, 0.5) is 0 Å². The Kier molecular flexibility index (Phi) is 5.18. The van der Waals surface area contributed by atoms with Gasteiger partial charge >= 0.3 is 0 Å². The second kappa shape index (κ2) is 7.37. The Morgan fingerprint density at radius 1 is 1.08 bits per heavy atom. The normalized spacial score (nSPS) is 13.3. The van der Waals surface area contributed by atoms with Gasteiger partial charge in [-0.15, -0.1) is 0 Å². The SMILES string of the molecule is CCN(Cc1ccc2c(c1)OCCO2)C(=O)c1ccccc1S(C)(=O)=O. The van der Waals surface area contributed by atoms with E-state index in [4.69, 9.17) is 9.47 Å². The summed E-state index contributed by atoms with van der Waals surface area (Å²) in [4.78, 5) is 14.6. The topological polar surface area (TPSA) is 72.9 Å². The molecule has 0 unspecified atom stereocenters. The highest BCUT2D eigenvalue weighted by Crippen LogP contribution is 2.31. The highest BCUT2D eigenvalue weighted by molar-refractivity contribution is 7.90. The summed E-state index contributed by atoms with van der Waals surface area (Å²) in [5.41, 5.74) is 1.08. The van der Waals surface area contributed by atoms with Crippen LogP contribution in [0.1, 0.15) is 22.8 Å². The van der Waals surface area contributed by atoms with Gasteiger partial charge in [0.2, 0.25) is 0 Å². The zero-order valence-corrected chi connectivity index (χ0v) is 15.6. The Morgan fingerprint density at radius 3 is 2.46 bits per heavy atom. The highest BCUT2D eigenvalue weighted by atomic mass is 32.2. The molecule has 2 aromatic carbocycles. The summed E-state index contributed by atoms with van der Waals surface area (Å²) in [6, 6.07) is 11.8. The molecule has 1 amide bonds. The molecule has 3 rings (SSSR count). The monoisotopic (exact) mass is 375 g/mol. The third kappa shape index (κ3) is 3.83. The lowest BCUT2D eigenvalue weighted by Crippen LogP contribution is -2.31. The van der Waals surface area contributed by atoms with Crippen molar-refractivity contribution in [3.05, 3.63) is 53.6 Å². The van der Waals surface area contributed by atoms with E-state index in [-0.39, 0.29) is 16.4 Å². The van der Waals surface area contributed by atoms with E-state index < -0.39 is 9.84 Å². The standard InChI is InChI=1S/C19H21NO5S/c1-3-20(13-14-8-9-16-17(12-14)25-11-10-24-16)19(21)15-6-4-5-7-18(15)26(2,22)23/h4-9,12H,3,10-11,13H2,1-2H3. The fourth-order valence-corrected chi connectivity index (χ4v) is 3.75. The molecule has 0 fully saturated rings. The maximum absolute atomic E-state index is 12.9. The minimum Gasteiger partial charge on any atom is -0.486 e. The first-order valence-corrected chi connectivity index (χ1v) is 10.3. The van der Waals surface area contributed by atoms with E-state index in [1.807, 2.05) is 25.1 Å². The zero-order valence-electron chi connectivity index (χ0n) is 14.8. The molecule has 138 valence electrons. The van der Waals surface area contributed by atoms with Gasteiger partial charge < -0.3 is 14.4 Å². The molecule has 0 radical (unpaired) electrons. The number of carbonyl (C=O) groups is 1. The van der Waals surface area contributed by atoms with E-state index in [0.29, 0.717) is 37.8 Å². The Balaban J connectivity index is 1.87. The van der Waals surface area contributed by atoms with Crippen LogP contribution in [0, 0.1) is 0 Å². The van der Waals surface area contributed by atoms with Crippen LogP contribution in [0.15, 0.2) is 47.4 Å². The van der Waals surface area contributed by atoms with Gasteiger partial charge in [-0.25, -0.2) is 8.42 Å². The van der Waals surface area contributed by atoms with Crippen LogP contribution >= 0.6 is 0 Å². The fourth-order valence-electron chi connectivity index (χ4n) is 2.87. The van der Waals surface area contributed by atoms with E-state index >= 15 is 0 Å². The number of rotatable bonds is 5. The Morgan fingerprint density at radius 2 is 1.77 bits per heavy atom. The molecule has 26 heavy (non-hydrogen) atoms. The summed E-state index contributed by atoms with van der Waals surface area (Å²) in [6.07, 6.45) is 1.11. The number of nitrogens with zero attached hydrogens (tertiary/aromatic N) is 1. The highest BCUT2D eigenvalue weighted by Gasteiger charge is 2.22. The van der Waals surface area contributed by atoms with Gasteiger partial charge in [0.25, 0.3) is 5.91 Å². The molecule has 1 heterocycles. The quantitative estimate of drug-likeness (QED) is 0.803. The third-order valence-corrected chi connectivity index (χ3v) is 5.32. The van der Waals surface area contributed by atoms with Gasteiger partial charge in [-0.05, 0) is 36.8 Å².